The van der Waals surface area contributed by atoms with Crippen LogP contribution in [0.1, 0.15) is 19.0 Å². The van der Waals surface area contributed by atoms with Crippen molar-refractivity contribution in [2.75, 3.05) is 0 Å². The standard InChI is InChI=1S/C12H11BrFN.BrH/c1-2-4-8-7-10(13)9-5-3-6-11(14)12(9)15-8;/h3,5-7H,2,4H2,1H3;1H. The van der Waals surface area contributed by atoms with E-state index in [2.05, 4.69) is 27.8 Å². The van der Waals surface area contributed by atoms with E-state index in [0.717, 1.165) is 28.4 Å². The quantitative estimate of drug-likeness (QED) is 0.768. The average molecular weight is 349 g/mol. The minimum atomic E-state index is -0.258. The maximum atomic E-state index is 13.5. The monoisotopic (exact) mass is 347 g/mol. The highest BCUT2D eigenvalue weighted by Crippen LogP contribution is 2.25. The Kier molecular flexibility index (Phi) is 4.87. The van der Waals surface area contributed by atoms with Crippen LogP contribution in [0.4, 0.5) is 4.39 Å². The van der Waals surface area contributed by atoms with E-state index in [4.69, 9.17) is 0 Å². The van der Waals surface area contributed by atoms with Gasteiger partial charge in [-0.15, -0.1) is 17.0 Å². The van der Waals surface area contributed by atoms with Crippen LogP contribution in [0.2, 0.25) is 0 Å². The first-order chi connectivity index (χ1) is 7.22. The smallest absolute Gasteiger partial charge is 0.149 e. The molecule has 0 aliphatic rings. The van der Waals surface area contributed by atoms with Crippen molar-refractivity contribution in [2.24, 2.45) is 0 Å². The van der Waals surface area contributed by atoms with Crippen LogP contribution in [0.3, 0.4) is 0 Å². The third-order valence-electron chi connectivity index (χ3n) is 2.30. The van der Waals surface area contributed by atoms with Crippen molar-refractivity contribution < 1.29 is 4.39 Å². The summed E-state index contributed by atoms with van der Waals surface area (Å²) in [4.78, 5) is 4.32. The Hall–Kier alpha value is -0.480. The summed E-state index contributed by atoms with van der Waals surface area (Å²) in [6.45, 7) is 2.08. The normalized spacial score (nSPS) is 10.2. The predicted molar refractivity (Wildman–Crippen MR) is 73.7 cm³/mol. The number of hydrogen-bond donors (Lipinski definition) is 0. The summed E-state index contributed by atoms with van der Waals surface area (Å²) in [6.07, 6.45) is 1.89. The van der Waals surface area contributed by atoms with Crippen LogP contribution in [-0.2, 0) is 6.42 Å². The number of nitrogens with zero attached hydrogens (tertiary/aromatic N) is 1. The van der Waals surface area contributed by atoms with Gasteiger partial charge in [0.25, 0.3) is 0 Å². The van der Waals surface area contributed by atoms with E-state index in [9.17, 15) is 4.39 Å². The molecule has 0 amide bonds. The molecule has 1 nitrogen and oxygen atoms in total. The van der Waals surface area contributed by atoms with Crippen molar-refractivity contribution in [1.29, 1.82) is 0 Å². The van der Waals surface area contributed by atoms with E-state index >= 15 is 0 Å². The highest BCUT2D eigenvalue weighted by molar-refractivity contribution is 9.10. The number of aryl methyl sites for hydroxylation is 1. The van der Waals surface area contributed by atoms with Gasteiger partial charge in [-0.05, 0) is 18.6 Å². The number of halogens is 3. The first-order valence-electron chi connectivity index (χ1n) is 4.96. The van der Waals surface area contributed by atoms with Crippen molar-refractivity contribution in [3.05, 3.63) is 40.2 Å². The first kappa shape index (κ1) is 13.6. The molecule has 0 aliphatic carbocycles. The molecule has 0 atom stereocenters. The lowest BCUT2D eigenvalue weighted by molar-refractivity contribution is 0.636. The van der Waals surface area contributed by atoms with Gasteiger partial charge in [0.2, 0.25) is 0 Å². The third-order valence-corrected chi connectivity index (χ3v) is 2.96. The Morgan fingerprint density at radius 3 is 2.81 bits per heavy atom. The Balaban J connectivity index is 0.00000128. The molecule has 16 heavy (non-hydrogen) atoms. The van der Waals surface area contributed by atoms with Crippen molar-refractivity contribution >= 4 is 43.8 Å². The second-order valence-electron chi connectivity index (χ2n) is 3.48. The number of rotatable bonds is 2. The van der Waals surface area contributed by atoms with Gasteiger partial charge in [-0.25, -0.2) is 9.37 Å². The van der Waals surface area contributed by atoms with Gasteiger partial charge in [0.15, 0.2) is 0 Å². The van der Waals surface area contributed by atoms with Gasteiger partial charge < -0.3 is 0 Å². The Morgan fingerprint density at radius 2 is 2.12 bits per heavy atom. The second kappa shape index (κ2) is 5.73. The average Bonchev–Trinajstić information content (AvgIpc) is 2.20. The van der Waals surface area contributed by atoms with Crippen LogP contribution in [0.25, 0.3) is 10.9 Å². The molecule has 0 unspecified atom stereocenters. The third kappa shape index (κ3) is 2.61. The van der Waals surface area contributed by atoms with Crippen LogP contribution in [0.5, 0.6) is 0 Å². The molecule has 0 bridgehead atoms. The number of hydrogen-bond acceptors (Lipinski definition) is 1. The van der Waals surface area contributed by atoms with Crippen molar-refractivity contribution in [3.63, 3.8) is 0 Å². The number of para-hydroxylation sites is 1. The molecule has 0 spiro atoms. The molecule has 1 heterocycles. The Morgan fingerprint density at radius 1 is 1.38 bits per heavy atom. The molecule has 0 N–H and O–H groups in total. The molecule has 2 rings (SSSR count). The van der Waals surface area contributed by atoms with Gasteiger partial charge in [-0.1, -0.05) is 41.4 Å². The lowest BCUT2D eigenvalue weighted by atomic mass is 10.1. The van der Waals surface area contributed by atoms with Gasteiger partial charge in [-0.2, -0.15) is 0 Å². The lowest BCUT2D eigenvalue weighted by Gasteiger charge is -2.05. The molecule has 86 valence electrons. The Bertz CT molecular complexity index is 500. The molecule has 0 fully saturated rings. The molecule has 0 saturated heterocycles. The van der Waals surface area contributed by atoms with E-state index < -0.39 is 0 Å². The summed E-state index contributed by atoms with van der Waals surface area (Å²) >= 11 is 3.45. The van der Waals surface area contributed by atoms with E-state index in [0.29, 0.717) is 5.52 Å². The highest BCUT2D eigenvalue weighted by Gasteiger charge is 2.06. The first-order valence-corrected chi connectivity index (χ1v) is 5.75. The SMILES string of the molecule is Br.CCCc1cc(Br)c2cccc(F)c2n1. The van der Waals surface area contributed by atoms with E-state index in [1.165, 1.54) is 6.07 Å². The number of pyridine rings is 1. The second-order valence-corrected chi connectivity index (χ2v) is 4.34. The topological polar surface area (TPSA) is 12.9 Å². The zero-order chi connectivity index (χ0) is 10.8. The molecule has 1 aromatic carbocycles. The maximum Gasteiger partial charge on any atom is 0.149 e. The molecule has 2 aromatic rings. The molecular formula is C12H12Br2FN. The van der Waals surface area contributed by atoms with E-state index in [1.54, 1.807) is 6.07 Å². The summed E-state index contributed by atoms with van der Waals surface area (Å²) in [5.41, 5.74) is 1.39. The molecule has 0 radical (unpaired) electrons. The zero-order valence-corrected chi connectivity index (χ0v) is 12.1. The Labute approximate surface area is 113 Å². The lowest BCUT2D eigenvalue weighted by Crippen LogP contribution is -1.93. The van der Waals surface area contributed by atoms with Crippen molar-refractivity contribution in [1.82, 2.24) is 4.98 Å². The van der Waals surface area contributed by atoms with Crippen LogP contribution in [0, 0.1) is 5.82 Å². The zero-order valence-electron chi connectivity index (χ0n) is 8.84. The molecular weight excluding hydrogens is 337 g/mol. The summed E-state index contributed by atoms with van der Waals surface area (Å²) in [5, 5.41) is 0.829. The van der Waals surface area contributed by atoms with E-state index in [-0.39, 0.29) is 22.8 Å². The predicted octanol–water partition coefficient (Wildman–Crippen LogP) is 4.67. The van der Waals surface area contributed by atoms with Crippen LogP contribution in [0.15, 0.2) is 28.7 Å². The fraction of sp³-hybridized carbons (Fsp3) is 0.250. The summed E-state index contributed by atoms with van der Waals surface area (Å²) < 4.78 is 14.4. The van der Waals surface area contributed by atoms with Gasteiger partial charge in [0.05, 0.1) is 0 Å². The molecule has 1 aromatic heterocycles. The van der Waals surface area contributed by atoms with E-state index in [1.807, 2.05) is 12.1 Å². The van der Waals surface area contributed by atoms with Crippen molar-refractivity contribution in [2.45, 2.75) is 19.8 Å². The molecule has 0 saturated carbocycles. The minimum Gasteiger partial charge on any atom is -0.250 e. The van der Waals surface area contributed by atoms with Gasteiger partial charge in [0.1, 0.15) is 11.3 Å². The molecule has 4 heteroatoms. The fourth-order valence-corrected chi connectivity index (χ4v) is 2.19. The number of benzene rings is 1. The van der Waals surface area contributed by atoms with Crippen LogP contribution in [-0.4, -0.2) is 4.98 Å². The number of aromatic nitrogens is 1. The van der Waals surface area contributed by atoms with Crippen LogP contribution >= 0.6 is 32.9 Å². The molecule has 0 aliphatic heterocycles. The minimum absolute atomic E-state index is 0. The van der Waals surface area contributed by atoms with Gasteiger partial charge in [0, 0.05) is 15.6 Å². The maximum absolute atomic E-state index is 13.5. The van der Waals surface area contributed by atoms with Gasteiger partial charge >= 0.3 is 0 Å². The van der Waals surface area contributed by atoms with Gasteiger partial charge in [-0.3, -0.25) is 0 Å². The summed E-state index contributed by atoms with van der Waals surface area (Å²) in [6, 6.07) is 6.97. The van der Waals surface area contributed by atoms with Crippen LogP contribution < -0.4 is 0 Å². The fourth-order valence-electron chi connectivity index (χ4n) is 1.61. The van der Waals surface area contributed by atoms with Crippen molar-refractivity contribution in [3.8, 4) is 0 Å². The number of fused-ring (bicyclic) bond motifs is 1. The summed E-state index contributed by atoms with van der Waals surface area (Å²) in [7, 11) is 0. The largest absolute Gasteiger partial charge is 0.250 e. The highest BCUT2D eigenvalue weighted by atomic mass is 79.9. The summed E-state index contributed by atoms with van der Waals surface area (Å²) in [5.74, 6) is -0.258.